The van der Waals surface area contributed by atoms with Gasteiger partial charge in [0.15, 0.2) is 0 Å². The fourth-order valence-electron chi connectivity index (χ4n) is 2.44. The predicted octanol–water partition coefficient (Wildman–Crippen LogP) is -0.359. The van der Waals surface area contributed by atoms with Crippen molar-refractivity contribution in [3.05, 3.63) is 60.2 Å². The summed E-state index contributed by atoms with van der Waals surface area (Å²) in [6.45, 7) is 0. The third kappa shape index (κ3) is 8.16. The lowest BCUT2D eigenvalue weighted by molar-refractivity contribution is 0.123. The van der Waals surface area contributed by atoms with Gasteiger partial charge < -0.3 is 49.4 Å². The van der Waals surface area contributed by atoms with E-state index in [4.69, 9.17) is 39.1 Å². The second-order valence-electron chi connectivity index (χ2n) is 7.08. The van der Waals surface area contributed by atoms with E-state index in [1.54, 1.807) is 12.1 Å². The maximum Gasteiger partial charge on any atom is 0.369 e. The van der Waals surface area contributed by atoms with Crippen LogP contribution in [0.4, 0.5) is 0 Å². The third-order valence-electron chi connectivity index (χ3n) is 4.48. The van der Waals surface area contributed by atoms with Gasteiger partial charge in [0.05, 0.1) is 0 Å². The van der Waals surface area contributed by atoms with Crippen molar-refractivity contribution in [2.24, 2.45) is 0 Å². The minimum absolute atomic E-state index is 0.0401. The van der Waals surface area contributed by atoms with E-state index in [1.165, 1.54) is 36.8 Å². The number of pyridine rings is 2. The normalized spacial score (nSPS) is 13.7. The number of aromatic nitrogens is 2. The largest absolute Gasteiger partial charge is 0.369 e. The maximum atomic E-state index is 11.1. The Bertz CT molecular complexity index is 1110. The average Bonchev–Trinajstić information content (AvgIpc) is 2.70. The summed E-state index contributed by atoms with van der Waals surface area (Å²) >= 11 is 0. The van der Waals surface area contributed by atoms with Gasteiger partial charge in [0, 0.05) is 37.1 Å². The van der Waals surface area contributed by atoms with Crippen molar-refractivity contribution >= 4 is 30.4 Å². The van der Waals surface area contributed by atoms with Gasteiger partial charge in [-0.3, -0.25) is 28.2 Å². The minimum Gasteiger partial charge on any atom is -0.368 e. The van der Waals surface area contributed by atoms with Crippen LogP contribution in [0.15, 0.2) is 48.9 Å². The van der Waals surface area contributed by atoms with E-state index in [2.05, 4.69) is 9.97 Å². The van der Waals surface area contributed by atoms with E-state index in [-0.39, 0.29) is 12.1 Å². The Morgan fingerprint density at radius 2 is 1.20 bits per heavy atom. The van der Waals surface area contributed by atoms with E-state index in [0.717, 1.165) is 0 Å². The van der Waals surface area contributed by atoms with Crippen molar-refractivity contribution in [1.29, 1.82) is 0 Å². The zero-order chi connectivity index (χ0) is 27.3. The standard InChI is InChI=1S/C8H13NO7P2.C7H11NO7P2/c10-8(17(11,12)13,18(14,15)16)4-3-7-2-1-5-9-6-7;9-7(16(10,11)12,17(13,14)15)5-6-3-1-2-4-8-6/h1-2,5-6,10H,3-4H2,(H2,11,12,13)(H2,14,15,16);1-4,9H,5H2,(H2,10,11,12)(H2,13,14,15). The molecule has 10 N–H and O–H groups in total. The quantitative estimate of drug-likeness (QED) is 0.169. The molecule has 0 aliphatic carbocycles. The van der Waals surface area contributed by atoms with Gasteiger partial charge >= 0.3 is 30.4 Å². The van der Waals surface area contributed by atoms with Crippen molar-refractivity contribution in [2.75, 3.05) is 0 Å². The Kier molecular flexibility index (Phi) is 10.4. The molecule has 0 unspecified atom stereocenters. The van der Waals surface area contributed by atoms with E-state index in [0.29, 0.717) is 5.56 Å². The molecule has 0 atom stereocenters. The van der Waals surface area contributed by atoms with Gasteiger partial charge in [-0.2, -0.15) is 0 Å². The van der Waals surface area contributed by atoms with Crippen LogP contribution in [-0.2, 0) is 31.1 Å². The van der Waals surface area contributed by atoms with Crippen LogP contribution < -0.4 is 0 Å². The molecule has 2 aromatic rings. The van der Waals surface area contributed by atoms with Crippen molar-refractivity contribution in [3.8, 4) is 0 Å². The number of hydrogen-bond acceptors (Lipinski definition) is 8. The number of aryl methyl sites for hydroxylation is 1. The molecule has 2 aromatic heterocycles. The predicted molar refractivity (Wildman–Crippen MR) is 119 cm³/mol. The molecule has 198 valence electrons. The maximum absolute atomic E-state index is 11.1. The Labute approximate surface area is 198 Å². The van der Waals surface area contributed by atoms with Crippen LogP contribution in [-0.4, -0.2) is 69.5 Å². The second kappa shape index (κ2) is 11.5. The lowest BCUT2D eigenvalue weighted by atomic mass is 10.2. The molecule has 0 fully saturated rings. The summed E-state index contributed by atoms with van der Waals surface area (Å²) in [6, 6.07) is 7.38. The number of hydrogen-bond donors (Lipinski definition) is 10. The van der Waals surface area contributed by atoms with Gasteiger partial charge in [-0.15, -0.1) is 0 Å². The van der Waals surface area contributed by atoms with Gasteiger partial charge in [0.2, 0.25) is 0 Å². The Balaban J connectivity index is 0.000000351. The summed E-state index contributed by atoms with van der Waals surface area (Å²) in [5.74, 6) is 0. The van der Waals surface area contributed by atoms with E-state index in [9.17, 15) is 28.5 Å². The van der Waals surface area contributed by atoms with Crippen molar-refractivity contribution < 1.29 is 67.6 Å². The molecular weight excluding hydrogens is 556 g/mol. The number of aliphatic hydroxyl groups is 2. The smallest absolute Gasteiger partial charge is 0.368 e. The molecule has 2 rings (SSSR count). The van der Waals surface area contributed by atoms with Gasteiger partial charge in [-0.25, -0.2) is 0 Å². The average molecular weight is 580 g/mol. The molecule has 0 spiro atoms. The third-order valence-corrected chi connectivity index (χ3v) is 12.1. The first kappa shape index (κ1) is 31.8. The van der Waals surface area contributed by atoms with Crippen molar-refractivity contribution in [3.63, 3.8) is 0 Å². The van der Waals surface area contributed by atoms with Gasteiger partial charge in [0.1, 0.15) is 0 Å². The van der Waals surface area contributed by atoms with Crippen LogP contribution in [0.3, 0.4) is 0 Å². The van der Waals surface area contributed by atoms with Crippen molar-refractivity contribution in [2.45, 2.75) is 29.4 Å². The first-order valence-electron chi connectivity index (χ1n) is 9.12. The van der Waals surface area contributed by atoms with Crippen LogP contribution in [0.1, 0.15) is 17.7 Å². The molecule has 0 radical (unpaired) electrons. The minimum atomic E-state index is -5.42. The zero-order valence-corrected chi connectivity index (χ0v) is 21.1. The fourth-order valence-corrected chi connectivity index (χ4v) is 6.70. The molecular formula is C15H24N2O14P4. The molecule has 16 nitrogen and oxygen atoms in total. The highest BCUT2D eigenvalue weighted by Crippen LogP contribution is 2.69. The van der Waals surface area contributed by atoms with Gasteiger partial charge in [0.25, 0.3) is 10.2 Å². The van der Waals surface area contributed by atoms with Crippen LogP contribution in [0.2, 0.25) is 0 Å². The monoisotopic (exact) mass is 580 g/mol. The Hall–Kier alpha value is -1.18. The van der Waals surface area contributed by atoms with Crippen LogP contribution in [0, 0.1) is 0 Å². The van der Waals surface area contributed by atoms with Crippen LogP contribution in [0.25, 0.3) is 0 Å². The summed E-state index contributed by atoms with van der Waals surface area (Å²) < 4.78 is 44.2. The van der Waals surface area contributed by atoms with Crippen LogP contribution in [0.5, 0.6) is 0 Å². The van der Waals surface area contributed by atoms with Crippen LogP contribution >= 0.6 is 30.4 Å². The lowest BCUT2D eigenvalue weighted by Gasteiger charge is -2.29. The molecule has 35 heavy (non-hydrogen) atoms. The fraction of sp³-hybridized carbons (Fsp3) is 0.333. The summed E-state index contributed by atoms with van der Waals surface area (Å²) in [7, 11) is -21.6. The second-order valence-corrected chi connectivity index (χ2v) is 15.1. The molecule has 0 aromatic carbocycles. The molecule has 0 saturated carbocycles. The number of rotatable bonds is 9. The molecule has 0 aliphatic rings. The van der Waals surface area contributed by atoms with E-state index >= 15 is 0 Å². The highest BCUT2D eigenvalue weighted by Gasteiger charge is 2.60. The zero-order valence-electron chi connectivity index (χ0n) is 17.5. The van der Waals surface area contributed by atoms with Gasteiger partial charge in [-0.05, 0) is 30.2 Å². The Morgan fingerprint density at radius 1 is 0.686 bits per heavy atom. The highest BCUT2D eigenvalue weighted by molar-refractivity contribution is 7.72. The summed E-state index contributed by atoms with van der Waals surface area (Å²) in [5, 5.41) is 12.4. The number of nitrogens with zero attached hydrogens (tertiary/aromatic N) is 2. The molecule has 0 saturated heterocycles. The topological polar surface area (TPSA) is 296 Å². The molecule has 0 bridgehead atoms. The molecule has 0 aliphatic heterocycles. The van der Waals surface area contributed by atoms with Crippen molar-refractivity contribution in [1.82, 2.24) is 9.97 Å². The summed E-state index contributed by atoms with van der Waals surface area (Å²) in [4.78, 5) is 78.5. The highest BCUT2D eigenvalue weighted by atomic mass is 31.2. The molecule has 2 heterocycles. The Morgan fingerprint density at radius 3 is 1.57 bits per heavy atom. The summed E-state index contributed by atoms with van der Waals surface area (Å²) in [6.07, 6.45) is 2.28. The SMILES string of the molecule is O=P(O)(O)C(O)(CCc1cccnc1)P(=O)(O)O.O=P(O)(O)C(O)(Cc1ccccn1)P(=O)(O)O. The van der Waals surface area contributed by atoms with E-state index < -0.39 is 53.4 Å². The van der Waals surface area contributed by atoms with E-state index in [1.807, 2.05) is 0 Å². The molecule has 0 amide bonds. The first-order chi connectivity index (χ1) is 15.7. The lowest BCUT2D eigenvalue weighted by Crippen LogP contribution is -2.31. The molecule has 20 heteroatoms. The summed E-state index contributed by atoms with van der Waals surface area (Å²) in [5.41, 5.74) is 0.458. The first-order valence-corrected chi connectivity index (χ1v) is 15.6. The van der Waals surface area contributed by atoms with Gasteiger partial charge in [-0.1, -0.05) is 12.1 Å².